The molecular formula is C19H23NS. The molecule has 2 aromatic rings. The van der Waals surface area contributed by atoms with E-state index in [-0.39, 0.29) is 6.04 Å². The van der Waals surface area contributed by atoms with Gasteiger partial charge in [-0.1, -0.05) is 29.8 Å². The van der Waals surface area contributed by atoms with Gasteiger partial charge in [0.25, 0.3) is 0 Å². The number of thioether (sulfide) groups is 1. The molecule has 2 aromatic carbocycles. The maximum Gasteiger partial charge on any atom is 0.0392 e. The molecule has 0 amide bonds. The van der Waals surface area contributed by atoms with Gasteiger partial charge in [-0.25, -0.2) is 0 Å². The van der Waals surface area contributed by atoms with E-state index in [0.717, 1.165) is 5.75 Å². The van der Waals surface area contributed by atoms with Crippen LogP contribution in [0.4, 0.5) is 0 Å². The van der Waals surface area contributed by atoms with Gasteiger partial charge in [0.15, 0.2) is 0 Å². The molecule has 2 heteroatoms. The van der Waals surface area contributed by atoms with Crippen LogP contribution in [0.2, 0.25) is 0 Å². The minimum atomic E-state index is 0.101. The largest absolute Gasteiger partial charge is 0.323 e. The molecule has 110 valence electrons. The fourth-order valence-electron chi connectivity index (χ4n) is 3.16. The average molecular weight is 297 g/mol. The van der Waals surface area contributed by atoms with Crippen LogP contribution in [0.15, 0.2) is 41.3 Å². The smallest absolute Gasteiger partial charge is 0.0392 e. The Bertz CT molecular complexity index is 648. The van der Waals surface area contributed by atoms with Gasteiger partial charge in [-0.2, -0.15) is 0 Å². The summed E-state index contributed by atoms with van der Waals surface area (Å²) >= 11 is 1.88. The molecule has 0 bridgehead atoms. The van der Waals surface area contributed by atoms with Crippen LogP contribution in [0.3, 0.4) is 0 Å². The second-order valence-electron chi connectivity index (χ2n) is 6.06. The minimum absolute atomic E-state index is 0.101. The van der Waals surface area contributed by atoms with E-state index >= 15 is 0 Å². The Morgan fingerprint density at radius 3 is 2.67 bits per heavy atom. The molecule has 0 saturated heterocycles. The van der Waals surface area contributed by atoms with Crippen molar-refractivity contribution in [2.75, 3.05) is 5.75 Å². The van der Waals surface area contributed by atoms with Crippen molar-refractivity contribution in [3.63, 3.8) is 0 Å². The Balaban J connectivity index is 1.67. The third-order valence-corrected chi connectivity index (χ3v) is 5.44. The average Bonchev–Trinajstić information content (AvgIpc) is 2.92. The molecule has 0 heterocycles. The zero-order valence-corrected chi connectivity index (χ0v) is 13.7. The van der Waals surface area contributed by atoms with Gasteiger partial charge < -0.3 is 5.73 Å². The van der Waals surface area contributed by atoms with Crippen molar-refractivity contribution in [2.24, 2.45) is 5.73 Å². The van der Waals surface area contributed by atoms with E-state index in [4.69, 9.17) is 5.73 Å². The van der Waals surface area contributed by atoms with E-state index in [0.29, 0.717) is 0 Å². The highest BCUT2D eigenvalue weighted by atomic mass is 32.2. The van der Waals surface area contributed by atoms with Crippen LogP contribution in [0, 0.1) is 13.8 Å². The summed E-state index contributed by atoms with van der Waals surface area (Å²) in [6.45, 7) is 4.28. The molecule has 0 saturated carbocycles. The summed E-state index contributed by atoms with van der Waals surface area (Å²) in [4.78, 5) is 1.36. The monoisotopic (exact) mass is 297 g/mol. The molecular weight excluding hydrogens is 274 g/mol. The summed E-state index contributed by atoms with van der Waals surface area (Å²) in [6.07, 6.45) is 3.81. The molecule has 1 nitrogen and oxygen atoms in total. The molecule has 2 N–H and O–H groups in total. The standard InChI is InChI=1S/C19H23NS/c1-13-6-9-18(14(2)10-13)19(20)12-21-17-8-7-15-4-3-5-16(15)11-17/h6-11,19H,3-5,12,20H2,1-2H3. The highest BCUT2D eigenvalue weighted by Crippen LogP contribution is 2.30. The third kappa shape index (κ3) is 3.33. The lowest BCUT2D eigenvalue weighted by Crippen LogP contribution is -2.14. The molecule has 3 rings (SSSR count). The predicted octanol–water partition coefficient (Wildman–Crippen LogP) is 4.58. The van der Waals surface area contributed by atoms with Crippen molar-refractivity contribution < 1.29 is 0 Å². The Morgan fingerprint density at radius 2 is 1.86 bits per heavy atom. The van der Waals surface area contributed by atoms with Gasteiger partial charge in [0.2, 0.25) is 0 Å². The Morgan fingerprint density at radius 1 is 1.05 bits per heavy atom. The zero-order valence-electron chi connectivity index (χ0n) is 12.9. The van der Waals surface area contributed by atoms with Crippen molar-refractivity contribution in [3.8, 4) is 0 Å². The molecule has 1 aliphatic carbocycles. The topological polar surface area (TPSA) is 26.0 Å². The van der Waals surface area contributed by atoms with Crippen LogP contribution in [0.1, 0.15) is 40.3 Å². The van der Waals surface area contributed by atoms with Crippen molar-refractivity contribution in [2.45, 2.75) is 44.0 Å². The summed E-state index contributed by atoms with van der Waals surface area (Å²) in [5.74, 6) is 0.933. The quantitative estimate of drug-likeness (QED) is 0.836. The minimum Gasteiger partial charge on any atom is -0.323 e. The van der Waals surface area contributed by atoms with Gasteiger partial charge >= 0.3 is 0 Å². The SMILES string of the molecule is Cc1ccc(C(N)CSc2ccc3c(c2)CCC3)c(C)c1. The Labute approximate surface area is 132 Å². The second kappa shape index (κ2) is 6.25. The highest BCUT2D eigenvalue weighted by molar-refractivity contribution is 7.99. The van der Waals surface area contributed by atoms with Crippen LogP contribution >= 0.6 is 11.8 Å². The highest BCUT2D eigenvalue weighted by Gasteiger charge is 2.13. The fourth-order valence-corrected chi connectivity index (χ4v) is 4.10. The number of nitrogens with two attached hydrogens (primary N) is 1. The summed E-state index contributed by atoms with van der Waals surface area (Å²) in [6, 6.07) is 13.6. The van der Waals surface area contributed by atoms with Gasteiger partial charge in [-0.3, -0.25) is 0 Å². The number of aryl methyl sites for hydroxylation is 4. The lowest BCUT2D eigenvalue weighted by molar-refractivity contribution is 0.822. The number of hydrogen-bond donors (Lipinski definition) is 1. The zero-order chi connectivity index (χ0) is 14.8. The van der Waals surface area contributed by atoms with Crippen molar-refractivity contribution in [1.82, 2.24) is 0 Å². The van der Waals surface area contributed by atoms with Gasteiger partial charge in [0, 0.05) is 16.7 Å². The molecule has 0 radical (unpaired) electrons. The van der Waals surface area contributed by atoms with E-state index in [1.807, 2.05) is 11.8 Å². The molecule has 1 unspecified atom stereocenters. The molecule has 1 atom stereocenters. The first-order valence-electron chi connectivity index (χ1n) is 7.71. The van der Waals surface area contributed by atoms with E-state index in [1.54, 1.807) is 5.56 Å². The van der Waals surface area contributed by atoms with Crippen molar-refractivity contribution in [1.29, 1.82) is 0 Å². The normalized spacial score (nSPS) is 15.0. The maximum absolute atomic E-state index is 6.39. The van der Waals surface area contributed by atoms with Gasteiger partial charge in [0.1, 0.15) is 0 Å². The maximum atomic E-state index is 6.39. The Hall–Kier alpha value is -1.25. The molecule has 0 spiro atoms. The summed E-state index contributed by atoms with van der Waals surface area (Å²) in [7, 11) is 0. The molecule has 21 heavy (non-hydrogen) atoms. The number of fused-ring (bicyclic) bond motifs is 1. The van der Waals surface area contributed by atoms with Gasteiger partial charge in [-0.05, 0) is 67.5 Å². The van der Waals surface area contributed by atoms with Crippen molar-refractivity contribution in [3.05, 3.63) is 64.2 Å². The van der Waals surface area contributed by atoms with Crippen LogP contribution in [-0.2, 0) is 12.8 Å². The number of rotatable bonds is 4. The molecule has 0 aliphatic heterocycles. The lowest BCUT2D eigenvalue weighted by atomic mass is 10.0. The predicted molar refractivity (Wildman–Crippen MR) is 92.0 cm³/mol. The summed E-state index contributed by atoms with van der Waals surface area (Å²) in [5, 5.41) is 0. The van der Waals surface area contributed by atoms with E-state index in [2.05, 4.69) is 50.2 Å². The fraction of sp³-hybridized carbons (Fsp3) is 0.368. The Kier molecular flexibility index (Phi) is 4.37. The molecule has 1 aliphatic rings. The van der Waals surface area contributed by atoms with Crippen molar-refractivity contribution >= 4 is 11.8 Å². The molecule has 0 fully saturated rings. The summed E-state index contributed by atoms with van der Waals surface area (Å²) < 4.78 is 0. The first kappa shape index (κ1) is 14.7. The van der Waals surface area contributed by atoms with Crippen LogP contribution in [0.25, 0.3) is 0 Å². The lowest BCUT2D eigenvalue weighted by Gasteiger charge is -2.15. The third-order valence-electron chi connectivity index (χ3n) is 4.32. The molecule has 0 aromatic heterocycles. The van der Waals surface area contributed by atoms with Gasteiger partial charge in [-0.15, -0.1) is 11.8 Å². The van der Waals surface area contributed by atoms with E-state index < -0.39 is 0 Å². The second-order valence-corrected chi connectivity index (χ2v) is 7.16. The van der Waals surface area contributed by atoms with E-state index in [9.17, 15) is 0 Å². The first-order valence-corrected chi connectivity index (χ1v) is 8.69. The summed E-state index contributed by atoms with van der Waals surface area (Å²) in [5.41, 5.74) is 13.3. The van der Waals surface area contributed by atoms with E-state index in [1.165, 1.54) is 46.4 Å². The number of benzene rings is 2. The van der Waals surface area contributed by atoms with Gasteiger partial charge in [0.05, 0.1) is 0 Å². The van der Waals surface area contributed by atoms with Crippen LogP contribution < -0.4 is 5.73 Å². The number of hydrogen-bond acceptors (Lipinski definition) is 2. The first-order chi connectivity index (χ1) is 10.1. The van der Waals surface area contributed by atoms with Crippen LogP contribution in [-0.4, -0.2) is 5.75 Å². The van der Waals surface area contributed by atoms with Crippen LogP contribution in [0.5, 0.6) is 0 Å².